The number of nitro groups is 1. The fraction of sp³-hybridized carbons (Fsp3) is 0.538. The zero-order chi connectivity index (χ0) is 15.5. The highest BCUT2D eigenvalue weighted by Gasteiger charge is 2.18. The zero-order valence-electron chi connectivity index (χ0n) is 12.1. The molecule has 0 saturated carbocycles. The second kappa shape index (κ2) is 6.24. The molecule has 2 aromatic heterocycles. The van der Waals surface area contributed by atoms with Crippen molar-refractivity contribution >= 4 is 17.3 Å². The molecule has 0 aromatic carbocycles. The Kier molecular flexibility index (Phi) is 4.16. The van der Waals surface area contributed by atoms with Crippen molar-refractivity contribution in [2.24, 2.45) is 0 Å². The lowest BCUT2D eigenvalue weighted by molar-refractivity contribution is -0.391. The summed E-state index contributed by atoms with van der Waals surface area (Å²) in [5, 5.41) is 18.3. The van der Waals surface area contributed by atoms with Gasteiger partial charge in [-0.1, -0.05) is 9.61 Å². The van der Waals surface area contributed by atoms with Crippen LogP contribution in [-0.4, -0.2) is 51.5 Å². The maximum absolute atomic E-state index is 10.9. The molecule has 2 aromatic rings. The zero-order valence-corrected chi connectivity index (χ0v) is 12.1. The molecular formula is C13H17N5O4. The molecule has 1 N–H and O–H groups in total. The molecule has 0 bridgehead atoms. The fourth-order valence-corrected chi connectivity index (χ4v) is 2.28. The first-order valence-corrected chi connectivity index (χ1v) is 7.08. The number of imidazole rings is 1. The van der Waals surface area contributed by atoms with Gasteiger partial charge < -0.3 is 24.9 Å². The largest absolute Gasteiger partial charge is 0.379 e. The van der Waals surface area contributed by atoms with Crippen LogP contribution in [0.5, 0.6) is 0 Å². The molecule has 1 fully saturated rings. The minimum absolute atomic E-state index is 0.0214. The van der Waals surface area contributed by atoms with Gasteiger partial charge in [0.05, 0.1) is 19.3 Å². The molecule has 22 heavy (non-hydrogen) atoms. The molecule has 2 unspecified atom stereocenters. The van der Waals surface area contributed by atoms with Crippen LogP contribution in [0.3, 0.4) is 0 Å². The highest BCUT2D eigenvalue weighted by molar-refractivity contribution is 5.48. The molecule has 1 aliphatic heterocycles. The molecule has 118 valence electrons. The van der Waals surface area contributed by atoms with E-state index in [9.17, 15) is 10.1 Å². The van der Waals surface area contributed by atoms with Crippen molar-refractivity contribution in [1.82, 2.24) is 14.6 Å². The average molecular weight is 307 g/mol. The number of hydrogen-bond donors (Lipinski definition) is 1. The van der Waals surface area contributed by atoms with Crippen LogP contribution in [0.2, 0.25) is 0 Å². The Hall–Kier alpha value is -2.26. The van der Waals surface area contributed by atoms with Gasteiger partial charge in [0.25, 0.3) is 0 Å². The number of rotatable bonds is 6. The van der Waals surface area contributed by atoms with Crippen LogP contribution < -0.4 is 5.32 Å². The SMILES string of the molecule is CC(COC1CCOC1)Nc1ccc2ncc([N+](=O)[O-])n2n1. The van der Waals surface area contributed by atoms with E-state index in [1.165, 1.54) is 10.7 Å². The van der Waals surface area contributed by atoms with Crippen molar-refractivity contribution < 1.29 is 14.4 Å². The topological polar surface area (TPSA) is 104 Å². The Morgan fingerprint density at radius 3 is 3.23 bits per heavy atom. The normalized spacial score (nSPS) is 19.4. The first-order valence-electron chi connectivity index (χ1n) is 7.08. The third-order valence-corrected chi connectivity index (χ3v) is 3.40. The van der Waals surface area contributed by atoms with Gasteiger partial charge in [0.15, 0.2) is 5.82 Å². The van der Waals surface area contributed by atoms with Gasteiger partial charge in [-0.2, -0.15) is 0 Å². The number of aromatic nitrogens is 3. The van der Waals surface area contributed by atoms with E-state index in [-0.39, 0.29) is 18.0 Å². The Morgan fingerprint density at radius 2 is 2.50 bits per heavy atom. The molecule has 3 heterocycles. The Bertz CT molecular complexity index is 667. The summed E-state index contributed by atoms with van der Waals surface area (Å²) >= 11 is 0. The summed E-state index contributed by atoms with van der Waals surface area (Å²) in [6.07, 6.45) is 2.26. The van der Waals surface area contributed by atoms with Crippen LogP contribution >= 0.6 is 0 Å². The van der Waals surface area contributed by atoms with Gasteiger partial charge in [-0.3, -0.25) is 0 Å². The van der Waals surface area contributed by atoms with E-state index in [0.29, 0.717) is 24.7 Å². The van der Waals surface area contributed by atoms with E-state index in [1.807, 2.05) is 6.92 Å². The molecule has 3 rings (SSSR count). The highest BCUT2D eigenvalue weighted by Crippen LogP contribution is 2.15. The van der Waals surface area contributed by atoms with E-state index in [0.717, 1.165) is 13.0 Å². The first kappa shape index (κ1) is 14.7. The smallest absolute Gasteiger partial charge is 0.368 e. The number of anilines is 1. The predicted octanol–water partition coefficient (Wildman–Crippen LogP) is 1.24. The highest BCUT2D eigenvalue weighted by atomic mass is 16.6. The lowest BCUT2D eigenvalue weighted by Gasteiger charge is -2.16. The Morgan fingerprint density at radius 1 is 1.64 bits per heavy atom. The molecule has 1 aliphatic rings. The van der Waals surface area contributed by atoms with Gasteiger partial charge in [0.2, 0.25) is 5.65 Å². The van der Waals surface area contributed by atoms with Crippen LogP contribution in [0, 0.1) is 10.1 Å². The number of fused-ring (bicyclic) bond motifs is 1. The monoisotopic (exact) mass is 307 g/mol. The maximum Gasteiger partial charge on any atom is 0.368 e. The molecule has 0 amide bonds. The molecule has 0 spiro atoms. The van der Waals surface area contributed by atoms with Gasteiger partial charge in [-0.25, -0.2) is 4.98 Å². The van der Waals surface area contributed by atoms with E-state index in [4.69, 9.17) is 9.47 Å². The summed E-state index contributed by atoms with van der Waals surface area (Å²) in [5.74, 6) is 0.373. The van der Waals surface area contributed by atoms with Gasteiger partial charge in [-0.15, -0.1) is 0 Å². The van der Waals surface area contributed by atoms with E-state index >= 15 is 0 Å². The molecule has 1 saturated heterocycles. The Labute approximate surface area is 126 Å². The summed E-state index contributed by atoms with van der Waals surface area (Å²) in [7, 11) is 0. The maximum atomic E-state index is 10.9. The van der Waals surface area contributed by atoms with Crippen LogP contribution in [0.15, 0.2) is 18.3 Å². The standard InChI is InChI=1S/C13H17N5O4/c1-9(7-22-10-4-5-21-8-10)15-11-2-3-12-14-6-13(18(19)20)17(12)16-11/h2-3,6,9-10H,4-5,7-8H2,1H3,(H,15,16). The van der Waals surface area contributed by atoms with E-state index < -0.39 is 4.92 Å². The second-order valence-corrected chi connectivity index (χ2v) is 5.23. The number of nitrogens with zero attached hydrogens (tertiary/aromatic N) is 4. The lowest BCUT2D eigenvalue weighted by Crippen LogP contribution is -2.26. The van der Waals surface area contributed by atoms with Gasteiger partial charge in [0.1, 0.15) is 6.20 Å². The second-order valence-electron chi connectivity index (χ2n) is 5.23. The van der Waals surface area contributed by atoms with Crippen LogP contribution in [0.1, 0.15) is 13.3 Å². The van der Waals surface area contributed by atoms with Crippen LogP contribution in [-0.2, 0) is 9.47 Å². The van der Waals surface area contributed by atoms with Gasteiger partial charge in [-0.05, 0) is 24.3 Å². The first-order chi connectivity index (χ1) is 10.6. The van der Waals surface area contributed by atoms with Crippen molar-refractivity contribution in [3.63, 3.8) is 0 Å². The van der Waals surface area contributed by atoms with Crippen LogP contribution in [0.25, 0.3) is 5.65 Å². The summed E-state index contributed by atoms with van der Waals surface area (Å²) in [4.78, 5) is 14.3. The lowest BCUT2D eigenvalue weighted by atomic mass is 10.3. The molecule has 0 aliphatic carbocycles. The van der Waals surface area contributed by atoms with Crippen molar-refractivity contribution in [1.29, 1.82) is 0 Å². The summed E-state index contributed by atoms with van der Waals surface area (Å²) in [6.45, 7) is 3.86. The van der Waals surface area contributed by atoms with Crippen molar-refractivity contribution in [3.05, 3.63) is 28.4 Å². The quantitative estimate of drug-likeness (QED) is 0.632. The molecule has 0 radical (unpaired) electrons. The number of hydrogen-bond acceptors (Lipinski definition) is 7. The van der Waals surface area contributed by atoms with E-state index in [1.54, 1.807) is 12.1 Å². The molecule has 9 heteroatoms. The van der Waals surface area contributed by atoms with Gasteiger partial charge >= 0.3 is 5.82 Å². The minimum Gasteiger partial charge on any atom is -0.379 e. The third kappa shape index (κ3) is 3.15. The fourth-order valence-electron chi connectivity index (χ4n) is 2.28. The summed E-state index contributed by atoms with van der Waals surface area (Å²) < 4.78 is 12.2. The van der Waals surface area contributed by atoms with Crippen molar-refractivity contribution in [2.45, 2.75) is 25.5 Å². The van der Waals surface area contributed by atoms with Gasteiger partial charge in [0, 0.05) is 18.7 Å². The molecular weight excluding hydrogens is 290 g/mol. The minimum atomic E-state index is -0.511. The number of nitrogens with one attached hydrogen (secondary N) is 1. The average Bonchev–Trinajstić information content (AvgIpc) is 3.14. The van der Waals surface area contributed by atoms with E-state index in [2.05, 4.69) is 15.4 Å². The van der Waals surface area contributed by atoms with Crippen LogP contribution in [0.4, 0.5) is 11.6 Å². The van der Waals surface area contributed by atoms with Crippen molar-refractivity contribution in [3.8, 4) is 0 Å². The summed E-state index contributed by atoms with van der Waals surface area (Å²) in [5.41, 5.74) is 0.434. The third-order valence-electron chi connectivity index (χ3n) is 3.40. The number of ether oxygens (including phenoxy) is 2. The molecule has 2 atom stereocenters. The Balaban J connectivity index is 1.64. The van der Waals surface area contributed by atoms with Crippen molar-refractivity contribution in [2.75, 3.05) is 25.1 Å². The summed E-state index contributed by atoms with van der Waals surface area (Å²) in [6, 6.07) is 3.44. The molecule has 9 nitrogen and oxygen atoms in total. The predicted molar refractivity (Wildman–Crippen MR) is 77.9 cm³/mol.